The van der Waals surface area contributed by atoms with Crippen LogP contribution >= 0.6 is 0 Å². The van der Waals surface area contributed by atoms with Gasteiger partial charge in [0.15, 0.2) is 0 Å². The van der Waals surface area contributed by atoms with E-state index in [0.717, 1.165) is 74.4 Å². The number of nitrogens with one attached hydrogen (secondary N) is 1. The normalized spacial score (nSPS) is 23.8. The zero-order chi connectivity index (χ0) is 17.9. The summed E-state index contributed by atoms with van der Waals surface area (Å²) in [5, 5.41) is 12.8. The minimum absolute atomic E-state index is 0.204. The third-order valence-electron chi connectivity index (χ3n) is 5.37. The van der Waals surface area contributed by atoms with Crippen molar-refractivity contribution in [3.63, 3.8) is 0 Å². The van der Waals surface area contributed by atoms with Crippen molar-refractivity contribution in [2.75, 3.05) is 36.5 Å². The first-order valence-electron chi connectivity index (χ1n) is 9.27. The van der Waals surface area contributed by atoms with E-state index in [1.165, 1.54) is 0 Å². The number of fused-ring (bicyclic) bond motifs is 1. The summed E-state index contributed by atoms with van der Waals surface area (Å²) in [6.07, 6.45) is 6.59. The molecule has 2 heterocycles. The Morgan fingerprint density at radius 1 is 1.12 bits per heavy atom. The van der Waals surface area contributed by atoms with Gasteiger partial charge < -0.3 is 20.1 Å². The quantitative estimate of drug-likeness (QED) is 0.870. The van der Waals surface area contributed by atoms with Crippen LogP contribution in [0.15, 0.2) is 24.5 Å². The molecule has 0 atom stereocenters. The van der Waals surface area contributed by atoms with Gasteiger partial charge in [-0.3, -0.25) is 14.8 Å². The number of aliphatic carboxylic acids is 1. The van der Waals surface area contributed by atoms with Crippen LogP contribution in [0.1, 0.15) is 25.7 Å². The van der Waals surface area contributed by atoms with E-state index >= 15 is 0 Å². The molecule has 0 radical (unpaired) electrons. The monoisotopic (exact) mass is 356 g/mol. The Morgan fingerprint density at radius 2 is 1.85 bits per heavy atom. The number of carboxylic acids is 1. The van der Waals surface area contributed by atoms with Crippen molar-refractivity contribution in [3.8, 4) is 0 Å². The smallest absolute Gasteiger partial charge is 0.306 e. The van der Waals surface area contributed by atoms with Gasteiger partial charge in [-0.1, -0.05) is 0 Å². The zero-order valence-electron chi connectivity index (χ0n) is 14.7. The SMILES string of the molecule is O=C(O)C1CCC(Nc2cc(N3CCOCC3)cc3nccnc23)CC1. The molecule has 1 saturated heterocycles. The minimum atomic E-state index is -0.672. The van der Waals surface area contributed by atoms with Crippen LogP contribution < -0.4 is 10.2 Å². The van der Waals surface area contributed by atoms with E-state index in [0.29, 0.717) is 0 Å². The third-order valence-corrected chi connectivity index (χ3v) is 5.37. The van der Waals surface area contributed by atoms with Gasteiger partial charge in [-0.25, -0.2) is 0 Å². The lowest BCUT2D eigenvalue weighted by atomic mass is 9.86. The maximum Gasteiger partial charge on any atom is 0.306 e. The molecule has 1 saturated carbocycles. The Labute approximate surface area is 152 Å². The molecule has 2 aliphatic rings. The number of carbonyl (C=O) groups is 1. The largest absolute Gasteiger partial charge is 0.481 e. The predicted octanol–water partition coefficient (Wildman–Crippen LogP) is 2.52. The van der Waals surface area contributed by atoms with Gasteiger partial charge in [0.05, 0.1) is 30.3 Å². The molecule has 0 bridgehead atoms. The third kappa shape index (κ3) is 3.58. The first kappa shape index (κ1) is 17.0. The van der Waals surface area contributed by atoms with Gasteiger partial charge in [0.25, 0.3) is 0 Å². The maximum atomic E-state index is 11.2. The fourth-order valence-electron chi connectivity index (χ4n) is 3.88. The van der Waals surface area contributed by atoms with Crippen molar-refractivity contribution in [2.24, 2.45) is 5.92 Å². The van der Waals surface area contributed by atoms with E-state index < -0.39 is 5.97 Å². The fraction of sp³-hybridized carbons (Fsp3) is 0.526. The van der Waals surface area contributed by atoms with Crippen LogP contribution in [0.4, 0.5) is 11.4 Å². The number of benzene rings is 1. The molecule has 0 spiro atoms. The first-order valence-corrected chi connectivity index (χ1v) is 9.27. The molecule has 0 amide bonds. The van der Waals surface area contributed by atoms with Crippen LogP contribution in [0.2, 0.25) is 0 Å². The molecule has 26 heavy (non-hydrogen) atoms. The van der Waals surface area contributed by atoms with Crippen LogP contribution in [-0.4, -0.2) is 53.4 Å². The van der Waals surface area contributed by atoms with Gasteiger partial charge in [0, 0.05) is 37.2 Å². The zero-order valence-corrected chi connectivity index (χ0v) is 14.7. The highest BCUT2D eigenvalue weighted by Gasteiger charge is 2.26. The molecule has 1 aliphatic carbocycles. The lowest BCUT2D eigenvalue weighted by Gasteiger charge is -2.31. The summed E-state index contributed by atoms with van der Waals surface area (Å²) in [7, 11) is 0. The fourth-order valence-corrected chi connectivity index (χ4v) is 3.88. The number of anilines is 2. The predicted molar refractivity (Wildman–Crippen MR) is 99.6 cm³/mol. The van der Waals surface area contributed by atoms with Crippen LogP contribution in [0.3, 0.4) is 0 Å². The van der Waals surface area contributed by atoms with Gasteiger partial charge in [0.2, 0.25) is 0 Å². The summed E-state index contributed by atoms with van der Waals surface area (Å²) in [5.74, 6) is -0.877. The van der Waals surface area contributed by atoms with Gasteiger partial charge in [0.1, 0.15) is 5.52 Å². The van der Waals surface area contributed by atoms with Gasteiger partial charge in [-0.05, 0) is 37.8 Å². The summed E-state index contributed by atoms with van der Waals surface area (Å²) >= 11 is 0. The molecule has 138 valence electrons. The highest BCUT2D eigenvalue weighted by Crippen LogP contribution is 2.32. The summed E-state index contributed by atoms with van der Waals surface area (Å²) in [6, 6.07) is 4.50. The Kier molecular flexibility index (Phi) is 4.88. The summed E-state index contributed by atoms with van der Waals surface area (Å²) < 4.78 is 5.46. The summed E-state index contributed by atoms with van der Waals surface area (Å²) in [5.41, 5.74) is 3.85. The lowest BCUT2D eigenvalue weighted by Crippen LogP contribution is -2.36. The van der Waals surface area contributed by atoms with Gasteiger partial charge in [-0.15, -0.1) is 0 Å². The Hall–Kier alpha value is -2.41. The first-order chi connectivity index (χ1) is 12.7. The molecule has 1 aromatic carbocycles. The number of hydrogen-bond acceptors (Lipinski definition) is 6. The number of hydrogen-bond donors (Lipinski definition) is 2. The van der Waals surface area contributed by atoms with E-state index in [4.69, 9.17) is 4.74 Å². The molecule has 1 aromatic heterocycles. The lowest BCUT2D eigenvalue weighted by molar-refractivity contribution is -0.142. The molecule has 2 N–H and O–H groups in total. The van der Waals surface area contributed by atoms with Crippen LogP contribution in [0.5, 0.6) is 0 Å². The summed E-state index contributed by atoms with van der Waals surface area (Å²) in [4.78, 5) is 22.5. The van der Waals surface area contributed by atoms with Crippen LogP contribution in [0.25, 0.3) is 11.0 Å². The highest BCUT2D eigenvalue weighted by atomic mass is 16.5. The number of morpholine rings is 1. The Bertz CT molecular complexity index is 783. The Morgan fingerprint density at radius 3 is 2.58 bits per heavy atom. The highest BCUT2D eigenvalue weighted by molar-refractivity contribution is 5.91. The van der Waals surface area contributed by atoms with Crippen LogP contribution in [0, 0.1) is 5.92 Å². The van der Waals surface area contributed by atoms with E-state index in [2.05, 4.69) is 32.3 Å². The molecular formula is C19H24N4O3. The topological polar surface area (TPSA) is 87.6 Å². The molecule has 1 aliphatic heterocycles. The standard InChI is InChI=1S/C19H24N4O3/c24-19(25)13-1-3-14(4-2-13)22-17-12-15(23-7-9-26-10-8-23)11-16-18(17)21-6-5-20-16/h5-6,11-14,22H,1-4,7-10H2,(H,24,25). The van der Waals surface area contributed by atoms with Crippen molar-refractivity contribution in [2.45, 2.75) is 31.7 Å². The molecule has 2 aromatic rings. The Balaban J connectivity index is 1.58. The number of nitrogens with zero attached hydrogens (tertiary/aromatic N) is 3. The van der Waals surface area contributed by atoms with Crippen molar-refractivity contribution < 1.29 is 14.6 Å². The van der Waals surface area contributed by atoms with Crippen molar-refractivity contribution in [1.29, 1.82) is 0 Å². The number of aromatic nitrogens is 2. The second-order valence-electron chi connectivity index (χ2n) is 7.05. The van der Waals surface area contributed by atoms with E-state index in [-0.39, 0.29) is 12.0 Å². The summed E-state index contributed by atoms with van der Waals surface area (Å²) in [6.45, 7) is 3.21. The molecule has 7 nitrogen and oxygen atoms in total. The van der Waals surface area contributed by atoms with Crippen LogP contribution in [-0.2, 0) is 9.53 Å². The van der Waals surface area contributed by atoms with E-state index in [1.54, 1.807) is 12.4 Å². The second kappa shape index (κ2) is 7.45. The molecule has 2 fully saturated rings. The number of carboxylic acid groups (broad SMARTS) is 1. The molecule has 0 unspecified atom stereocenters. The average Bonchev–Trinajstić information content (AvgIpc) is 2.69. The minimum Gasteiger partial charge on any atom is -0.481 e. The maximum absolute atomic E-state index is 11.2. The second-order valence-corrected chi connectivity index (χ2v) is 7.05. The molecule has 7 heteroatoms. The number of rotatable bonds is 4. The molecule has 4 rings (SSSR count). The van der Waals surface area contributed by atoms with Crippen molar-refractivity contribution in [1.82, 2.24) is 9.97 Å². The average molecular weight is 356 g/mol. The van der Waals surface area contributed by atoms with Gasteiger partial charge >= 0.3 is 5.97 Å². The van der Waals surface area contributed by atoms with E-state index in [1.807, 2.05) is 0 Å². The molecular weight excluding hydrogens is 332 g/mol. The van der Waals surface area contributed by atoms with Gasteiger partial charge in [-0.2, -0.15) is 0 Å². The number of ether oxygens (including phenoxy) is 1. The van der Waals surface area contributed by atoms with Crippen molar-refractivity contribution in [3.05, 3.63) is 24.5 Å². The van der Waals surface area contributed by atoms with Crippen molar-refractivity contribution >= 4 is 28.4 Å². The van der Waals surface area contributed by atoms with E-state index in [9.17, 15) is 9.90 Å².